The molecule has 0 fully saturated rings. The number of carbonyl (C=O) groups excluding carboxylic acids is 3. The number of amides is 1. The van der Waals surface area contributed by atoms with Crippen LogP contribution in [0.3, 0.4) is 0 Å². The monoisotopic (exact) mass is 387 g/mol. The first kappa shape index (κ1) is 18.6. The Morgan fingerprint density at radius 1 is 1.22 bits per heavy atom. The fourth-order valence-electron chi connectivity index (χ4n) is 2.39. The van der Waals surface area contributed by atoms with Crippen LogP contribution in [0, 0.1) is 6.92 Å². The summed E-state index contributed by atoms with van der Waals surface area (Å²) in [6, 6.07) is 11.3. The number of esters is 2. The number of nitrogens with zero attached hydrogens (tertiary/aromatic N) is 2. The minimum atomic E-state index is -0.608. The fourth-order valence-corrected chi connectivity index (χ4v) is 3.46. The number of methoxy groups -OCH3 is 1. The summed E-state index contributed by atoms with van der Waals surface area (Å²) in [4.78, 5) is 36.0. The van der Waals surface area contributed by atoms with Crippen LogP contribution in [0.5, 0.6) is 0 Å². The van der Waals surface area contributed by atoms with Crippen molar-refractivity contribution in [1.29, 1.82) is 0 Å². The molecule has 0 aliphatic heterocycles. The number of nitrogens with one attached hydrogen (secondary N) is 1. The summed E-state index contributed by atoms with van der Waals surface area (Å²) in [7, 11) is 1.22. The van der Waals surface area contributed by atoms with Crippen LogP contribution in [0.2, 0.25) is 0 Å². The van der Waals surface area contributed by atoms with Crippen LogP contribution >= 0.6 is 11.3 Å². The number of ether oxygens (including phenoxy) is 2. The third kappa shape index (κ3) is 4.14. The summed E-state index contributed by atoms with van der Waals surface area (Å²) in [5.41, 5.74) is 1.68. The Morgan fingerprint density at radius 2 is 1.96 bits per heavy atom. The van der Waals surface area contributed by atoms with E-state index in [0.29, 0.717) is 4.88 Å². The van der Waals surface area contributed by atoms with Crippen LogP contribution in [0.25, 0.3) is 15.9 Å². The largest absolute Gasteiger partial charge is 0.468 e. The minimum absolute atomic E-state index is 0.276. The van der Waals surface area contributed by atoms with Gasteiger partial charge in [0.25, 0.3) is 5.91 Å². The maximum atomic E-state index is 12.3. The molecule has 0 saturated heterocycles. The van der Waals surface area contributed by atoms with E-state index >= 15 is 0 Å². The summed E-state index contributed by atoms with van der Waals surface area (Å²) in [5.74, 6) is -1.77. The van der Waals surface area contributed by atoms with Crippen molar-refractivity contribution in [3.8, 4) is 5.69 Å². The predicted molar refractivity (Wildman–Crippen MR) is 99.0 cm³/mol. The van der Waals surface area contributed by atoms with Gasteiger partial charge in [0.15, 0.2) is 6.61 Å². The molecule has 2 aromatic heterocycles. The summed E-state index contributed by atoms with van der Waals surface area (Å²) in [6.07, 6.45) is 0. The topological polar surface area (TPSA) is 99.5 Å². The number of thiophene rings is 1. The van der Waals surface area contributed by atoms with E-state index in [1.165, 1.54) is 18.4 Å². The molecule has 0 atom stereocenters. The van der Waals surface area contributed by atoms with Crippen molar-refractivity contribution in [2.24, 2.45) is 0 Å². The molecule has 0 saturated carbocycles. The van der Waals surface area contributed by atoms with Crippen LogP contribution in [0.15, 0.2) is 36.4 Å². The van der Waals surface area contributed by atoms with Gasteiger partial charge in [-0.3, -0.25) is 9.59 Å². The first-order valence-electron chi connectivity index (χ1n) is 8.05. The lowest BCUT2D eigenvalue weighted by atomic mass is 10.3. The maximum Gasteiger partial charge on any atom is 0.348 e. The van der Waals surface area contributed by atoms with Gasteiger partial charge in [0.2, 0.25) is 0 Å². The van der Waals surface area contributed by atoms with Crippen molar-refractivity contribution in [3.05, 3.63) is 47.0 Å². The van der Waals surface area contributed by atoms with Gasteiger partial charge in [0.1, 0.15) is 16.3 Å². The standard InChI is InChI=1S/C18H17N3O5S/c1-11-13-8-14(18(24)26-10-15(22)19-9-16(23)25-2)27-17(13)21(20-11)12-6-4-3-5-7-12/h3-8H,9-10H2,1-2H3,(H,19,22). The highest BCUT2D eigenvalue weighted by Crippen LogP contribution is 2.30. The number of hydrogen-bond donors (Lipinski definition) is 1. The first-order chi connectivity index (χ1) is 13.0. The molecule has 1 amide bonds. The Morgan fingerprint density at radius 3 is 2.67 bits per heavy atom. The normalized spacial score (nSPS) is 10.6. The van der Waals surface area contributed by atoms with Gasteiger partial charge in [-0.15, -0.1) is 11.3 Å². The zero-order valence-electron chi connectivity index (χ0n) is 14.7. The lowest BCUT2D eigenvalue weighted by molar-refractivity contribution is -0.141. The number of hydrogen-bond acceptors (Lipinski definition) is 7. The molecule has 9 heteroatoms. The molecule has 2 heterocycles. The van der Waals surface area contributed by atoms with Crippen LogP contribution < -0.4 is 5.32 Å². The van der Waals surface area contributed by atoms with E-state index < -0.39 is 24.5 Å². The van der Waals surface area contributed by atoms with Gasteiger partial charge in [0, 0.05) is 5.39 Å². The predicted octanol–water partition coefficient (Wildman–Crippen LogP) is 1.84. The Labute approximate surface area is 158 Å². The van der Waals surface area contributed by atoms with Gasteiger partial charge in [-0.25, -0.2) is 9.48 Å². The maximum absolute atomic E-state index is 12.3. The average Bonchev–Trinajstić information content (AvgIpc) is 3.25. The van der Waals surface area contributed by atoms with Crippen LogP contribution in [-0.4, -0.2) is 47.9 Å². The van der Waals surface area contributed by atoms with E-state index in [4.69, 9.17) is 4.74 Å². The second-order valence-corrected chi connectivity index (χ2v) is 6.62. The van der Waals surface area contributed by atoms with E-state index in [-0.39, 0.29) is 6.54 Å². The van der Waals surface area contributed by atoms with Gasteiger partial charge in [0.05, 0.1) is 18.5 Å². The summed E-state index contributed by atoms with van der Waals surface area (Å²) in [6.45, 7) is 1.11. The number of para-hydroxylation sites is 1. The minimum Gasteiger partial charge on any atom is -0.468 e. The molecule has 3 rings (SSSR count). The molecule has 3 aromatic rings. The average molecular weight is 387 g/mol. The molecular weight excluding hydrogens is 370 g/mol. The van der Waals surface area contributed by atoms with E-state index in [2.05, 4.69) is 15.2 Å². The second-order valence-electron chi connectivity index (χ2n) is 5.59. The molecule has 0 spiro atoms. The van der Waals surface area contributed by atoms with Gasteiger partial charge < -0.3 is 14.8 Å². The molecule has 0 aliphatic rings. The SMILES string of the molecule is COC(=O)CNC(=O)COC(=O)c1cc2c(C)nn(-c3ccccc3)c2s1. The van der Waals surface area contributed by atoms with Crippen molar-refractivity contribution < 1.29 is 23.9 Å². The highest BCUT2D eigenvalue weighted by molar-refractivity contribution is 7.20. The summed E-state index contributed by atoms with van der Waals surface area (Å²) >= 11 is 1.24. The quantitative estimate of drug-likeness (QED) is 0.648. The van der Waals surface area contributed by atoms with Crippen molar-refractivity contribution in [1.82, 2.24) is 15.1 Å². The molecular formula is C18H17N3O5S. The molecule has 8 nitrogen and oxygen atoms in total. The van der Waals surface area contributed by atoms with Gasteiger partial charge in [-0.1, -0.05) is 18.2 Å². The molecule has 0 unspecified atom stereocenters. The van der Waals surface area contributed by atoms with Crippen molar-refractivity contribution in [2.75, 3.05) is 20.3 Å². The highest BCUT2D eigenvalue weighted by atomic mass is 32.1. The van der Waals surface area contributed by atoms with Gasteiger partial charge in [-0.05, 0) is 25.1 Å². The summed E-state index contributed by atoms with van der Waals surface area (Å²) < 4.78 is 11.2. The van der Waals surface area contributed by atoms with E-state index in [9.17, 15) is 14.4 Å². The fraction of sp³-hybridized carbons (Fsp3) is 0.222. The molecule has 27 heavy (non-hydrogen) atoms. The van der Waals surface area contributed by atoms with Crippen LogP contribution in [-0.2, 0) is 19.1 Å². The zero-order chi connectivity index (χ0) is 19.4. The van der Waals surface area contributed by atoms with E-state index in [0.717, 1.165) is 21.6 Å². The first-order valence-corrected chi connectivity index (χ1v) is 8.86. The van der Waals surface area contributed by atoms with Gasteiger partial charge >= 0.3 is 11.9 Å². The Hall–Kier alpha value is -3.20. The van der Waals surface area contributed by atoms with Crippen LogP contribution in [0.1, 0.15) is 15.4 Å². The number of benzene rings is 1. The lowest BCUT2D eigenvalue weighted by Crippen LogP contribution is -2.33. The smallest absolute Gasteiger partial charge is 0.348 e. The molecule has 1 aromatic carbocycles. The number of aryl methyl sites for hydroxylation is 1. The Bertz CT molecular complexity index is 993. The van der Waals surface area contributed by atoms with Crippen molar-refractivity contribution >= 4 is 39.4 Å². The lowest BCUT2D eigenvalue weighted by Gasteiger charge is -2.04. The molecule has 0 radical (unpaired) electrons. The zero-order valence-corrected chi connectivity index (χ0v) is 15.5. The van der Waals surface area contributed by atoms with Gasteiger partial charge in [-0.2, -0.15) is 5.10 Å². The number of rotatable bonds is 6. The van der Waals surface area contributed by atoms with Crippen molar-refractivity contribution in [2.45, 2.75) is 6.92 Å². The number of fused-ring (bicyclic) bond motifs is 1. The Kier molecular flexibility index (Phi) is 5.51. The summed E-state index contributed by atoms with van der Waals surface area (Å²) in [5, 5.41) is 7.66. The molecule has 1 N–H and O–H groups in total. The molecule has 0 bridgehead atoms. The van der Waals surface area contributed by atoms with E-state index in [1.54, 1.807) is 10.7 Å². The van der Waals surface area contributed by atoms with Crippen molar-refractivity contribution in [3.63, 3.8) is 0 Å². The van der Waals surface area contributed by atoms with Crippen LogP contribution in [0.4, 0.5) is 0 Å². The second kappa shape index (κ2) is 8.00. The molecule has 140 valence electrons. The van der Waals surface area contributed by atoms with E-state index in [1.807, 2.05) is 37.3 Å². The molecule has 0 aliphatic carbocycles. The number of carbonyl (C=O) groups is 3. The Balaban J connectivity index is 1.71. The highest BCUT2D eigenvalue weighted by Gasteiger charge is 2.19. The third-order valence-corrected chi connectivity index (χ3v) is 4.83. The number of aromatic nitrogens is 2. The third-order valence-electron chi connectivity index (χ3n) is 3.74.